The Balaban J connectivity index is 1.54. The van der Waals surface area contributed by atoms with Crippen LogP contribution >= 0.6 is 0 Å². The highest BCUT2D eigenvalue weighted by molar-refractivity contribution is 5.79. The van der Waals surface area contributed by atoms with E-state index < -0.39 is 0 Å². The Hall–Kier alpha value is -2.53. The molecule has 2 N–H and O–H groups in total. The van der Waals surface area contributed by atoms with Gasteiger partial charge in [-0.15, -0.1) is 0 Å². The van der Waals surface area contributed by atoms with Crippen molar-refractivity contribution in [2.24, 2.45) is 10.9 Å². The fourth-order valence-electron chi connectivity index (χ4n) is 3.55. The minimum absolute atomic E-state index is 0.140. The van der Waals surface area contributed by atoms with Gasteiger partial charge in [0.25, 0.3) is 0 Å². The van der Waals surface area contributed by atoms with Crippen LogP contribution in [0, 0.1) is 12.8 Å². The standard InChI is InChI=1S/C23H31N3O2/c1-17-6-10-19(11-7-17)22-20(5-4-14-28-22)16-26-23(24-2)25-15-18-8-12-21(27-3)13-9-18/h6-13,20,22H,4-5,14-16H2,1-3H3,(H2,24,25,26). The fraction of sp³-hybridized carbons (Fsp3) is 0.435. The maximum atomic E-state index is 6.12. The Kier molecular flexibility index (Phi) is 7.31. The van der Waals surface area contributed by atoms with Crippen molar-refractivity contribution in [3.63, 3.8) is 0 Å². The molecule has 0 spiro atoms. The number of hydrogen-bond acceptors (Lipinski definition) is 3. The molecule has 0 radical (unpaired) electrons. The maximum absolute atomic E-state index is 6.12. The fourth-order valence-corrected chi connectivity index (χ4v) is 3.55. The van der Waals surface area contributed by atoms with Gasteiger partial charge in [-0.1, -0.05) is 42.0 Å². The van der Waals surface area contributed by atoms with Crippen LogP contribution in [0.5, 0.6) is 5.75 Å². The quantitative estimate of drug-likeness (QED) is 0.590. The highest BCUT2D eigenvalue weighted by atomic mass is 16.5. The Morgan fingerprint density at radius 1 is 1.11 bits per heavy atom. The summed E-state index contributed by atoms with van der Waals surface area (Å²) in [4.78, 5) is 4.36. The van der Waals surface area contributed by atoms with Crippen molar-refractivity contribution in [2.75, 3.05) is 27.3 Å². The summed E-state index contributed by atoms with van der Waals surface area (Å²) in [5.41, 5.74) is 3.72. The molecular formula is C23H31N3O2. The summed E-state index contributed by atoms with van der Waals surface area (Å²) in [7, 11) is 3.48. The molecule has 1 heterocycles. The molecule has 0 aliphatic carbocycles. The van der Waals surface area contributed by atoms with E-state index in [1.165, 1.54) is 16.7 Å². The first-order valence-corrected chi connectivity index (χ1v) is 9.95. The van der Waals surface area contributed by atoms with Gasteiger partial charge in [-0.25, -0.2) is 0 Å². The Bertz CT molecular complexity index is 756. The molecular weight excluding hydrogens is 350 g/mol. The molecule has 28 heavy (non-hydrogen) atoms. The smallest absolute Gasteiger partial charge is 0.191 e. The van der Waals surface area contributed by atoms with Gasteiger partial charge in [-0.2, -0.15) is 0 Å². The molecule has 5 nitrogen and oxygen atoms in total. The van der Waals surface area contributed by atoms with E-state index >= 15 is 0 Å². The third-order valence-corrected chi connectivity index (χ3v) is 5.23. The number of benzene rings is 2. The molecule has 1 aliphatic rings. The summed E-state index contributed by atoms with van der Waals surface area (Å²) in [6.45, 7) is 4.50. The zero-order valence-electron chi connectivity index (χ0n) is 17.1. The zero-order valence-corrected chi connectivity index (χ0v) is 17.1. The van der Waals surface area contributed by atoms with Crippen molar-refractivity contribution in [3.05, 3.63) is 65.2 Å². The van der Waals surface area contributed by atoms with Gasteiger partial charge >= 0.3 is 0 Å². The maximum Gasteiger partial charge on any atom is 0.191 e. The van der Waals surface area contributed by atoms with Crippen LogP contribution in [-0.2, 0) is 11.3 Å². The Morgan fingerprint density at radius 3 is 2.54 bits per heavy atom. The number of methoxy groups -OCH3 is 1. The number of ether oxygens (including phenoxy) is 2. The summed E-state index contributed by atoms with van der Waals surface area (Å²) >= 11 is 0. The number of guanidine groups is 1. The van der Waals surface area contributed by atoms with E-state index in [2.05, 4.69) is 58.9 Å². The minimum atomic E-state index is 0.140. The van der Waals surface area contributed by atoms with Gasteiger partial charge in [0.1, 0.15) is 5.75 Å². The van der Waals surface area contributed by atoms with Crippen molar-refractivity contribution in [3.8, 4) is 5.75 Å². The molecule has 1 aliphatic heterocycles. The van der Waals surface area contributed by atoms with Gasteiger partial charge in [0, 0.05) is 32.7 Å². The van der Waals surface area contributed by atoms with Crippen LogP contribution in [0.25, 0.3) is 0 Å². The van der Waals surface area contributed by atoms with Crippen LogP contribution in [0.1, 0.15) is 35.6 Å². The number of hydrogen-bond donors (Lipinski definition) is 2. The summed E-state index contributed by atoms with van der Waals surface area (Å²) in [6, 6.07) is 16.8. The van der Waals surface area contributed by atoms with Gasteiger partial charge in [0.05, 0.1) is 13.2 Å². The van der Waals surface area contributed by atoms with Crippen molar-refractivity contribution in [1.82, 2.24) is 10.6 Å². The number of rotatable bonds is 6. The molecule has 2 atom stereocenters. The SMILES string of the molecule is CN=C(NCc1ccc(OC)cc1)NCC1CCCOC1c1ccc(C)cc1. The molecule has 0 aromatic heterocycles. The molecule has 0 amide bonds. The van der Waals surface area contributed by atoms with Gasteiger partial charge in [-0.3, -0.25) is 4.99 Å². The van der Waals surface area contributed by atoms with Crippen LogP contribution in [0.2, 0.25) is 0 Å². The lowest BCUT2D eigenvalue weighted by Crippen LogP contribution is -2.41. The largest absolute Gasteiger partial charge is 0.497 e. The minimum Gasteiger partial charge on any atom is -0.497 e. The number of aliphatic imine (C=N–C) groups is 1. The van der Waals surface area contributed by atoms with Crippen LogP contribution < -0.4 is 15.4 Å². The molecule has 5 heteroatoms. The molecule has 0 bridgehead atoms. The molecule has 1 saturated heterocycles. The zero-order chi connectivity index (χ0) is 19.8. The van der Waals surface area contributed by atoms with Crippen LogP contribution in [0.4, 0.5) is 0 Å². The summed E-state index contributed by atoms with van der Waals surface area (Å²) in [5.74, 6) is 2.10. The highest BCUT2D eigenvalue weighted by Gasteiger charge is 2.27. The van der Waals surface area contributed by atoms with Gasteiger partial charge in [-0.05, 0) is 43.0 Å². The first-order chi connectivity index (χ1) is 13.7. The lowest BCUT2D eigenvalue weighted by molar-refractivity contribution is -0.0265. The molecule has 2 unspecified atom stereocenters. The first kappa shape index (κ1) is 20.2. The molecule has 1 fully saturated rings. The predicted molar refractivity (Wildman–Crippen MR) is 114 cm³/mol. The lowest BCUT2D eigenvalue weighted by atomic mass is 9.89. The highest BCUT2D eigenvalue weighted by Crippen LogP contribution is 2.33. The number of nitrogens with zero attached hydrogens (tertiary/aromatic N) is 1. The van der Waals surface area contributed by atoms with E-state index in [0.717, 1.165) is 37.7 Å². The lowest BCUT2D eigenvalue weighted by Gasteiger charge is -2.32. The van der Waals surface area contributed by atoms with Crippen LogP contribution in [0.15, 0.2) is 53.5 Å². The van der Waals surface area contributed by atoms with E-state index in [0.29, 0.717) is 12.5 Å². The van der Waals surface area contributed by atoms with E-state index in [-0.39, 0.29) is 6.10 Å². The average molecular weight is 382 g/mol. The van der Waals surface area contributed by atoms with Crippen molar-refractivity contribution < 1.29 is 9.47 Å². The van der Waals surface area contributed by atoms with Gasteiger partial charge < -0.3 is 20.1 Å². The Labute approximate surface area is 168 Å². The number of aryl methyl sites for hydroxylation is 1. The summed E-state index contributed by atoms with van der Waals surface area (Å²) in [6.07, 6.45) is 2.40. The molecule has 2 aromatic rings. The number of nitrogens with one attached hydrogen (secondary N) is 2. The summed E-state index contributed by atoms with van der Waals surface area (Å²) in [5, 5.41) is 6.86. The average Bonchev–Trinajstić information content (AvgIpc) is 2.75. The van der Waals surface area contributed by atoms with Crippen molar-refractivity contribution in [2.45, 2.75) is 32.4 Å². The van der Waals surface area contributed by atoms with Gasteiger partial charge in [0.2, 0.25) is 0 Å². The molecule has 2 aromatic carbocycles. The third-order valence-electron chi connectivity index (χ3n) is 5.23. The molecule has 3 rings (SSSR count). The second-order valence-electron chi connectivity index (χ2n) is 7.26. The summed E-state index contributed by atoms with van der Waals surface area (Å²) < 4.78 is 11.3. The normalized spacial score (nSPS) is 19.9. The second kappa shape index (κ2) is 10.1. The topological polar surface area (TPSA) is 54.9 Å². The van der Waals surface area contributed by atoms with Crippen LogP contribution in [0.3, 0.4) is 0 Å². The predicted octanol–water partition coefficient (Wildman–Crippen LogP) is 3.84. The van der Waals surface area contributed by atoms with Crippen molar-refractivity contribution >= 4 is 5.96 Å². The molecule has 0 saturated carbocycles. The first-order valence-electron chi connectivity index (χ1n) is 9.95. The van der Waals surface area contributed by atoms with Crippen molar-refractivity contribution in [1.29, 1.82) is 0 Å². The Morgan fingerprint density at radius 2 is 1.86 bits per heavy atom. The molecule has 150 valence electrons. The van der Waals surface area contributed by atoms with E-state index in [4.69, 9.17) is 9.47 Å². The van der Waals surface area contributed by atoms with E-state index in [9.17, 15) is 0 Å². The van der Waals surface area contributed by atoms with Crippen LogP contribution in [-0.4, -0.2) is 33.3 Å². The van der Waals surface area contributed by atoms with Gasteiger partial charge in [0.15, 0.2) is 5.96 Å². The third kappa shape index (κ3) is 5.49. The second-order valence-corrected chi connectivity index (χ2v) is 7.26. The monoisotopic (exact) mass is 381 g/mol. The van der Waals surface area contributed by atoms with E-state index in [1.807, 2.05) is 12.1 Å². The van der Waals surface area contributed by atoms with E-state index in [1.54, 1.807) is 14.2 Å².